The molecule has 1 amide bonds. The van der Waals surface area contributed by atoms with Crippen LogP contribution in [0.25, 0.3) is 0 Å². The van der Waals surface area contributed by atoms with Crippen LogP contribution in [0.3, 0.4) is 0 Å². The predicted octanol–water partition coefficient (Wildman–Crippen LogP) is 3.53. The second-order valence-electron chi connectivity index (χ2n) is 5.35. The Hall–Kier alpha value is -3.26. The molecule has 0 bridgehead atoms. The first-order chi connectivity index (χ1) is 12.0. The molecule has 0 aliphatic carbocycles. The van der Waals surface area contributed by atoms with Gasteiger partial charge in [0.2, 0.25) is 0 Å². The highest BCUT2D eigenvalue weighted by Gasteiger charge is 2.13. The third-order valence-corrected chi connectivity index (χ3v) is 3.60. The van der Waals surface area contributed by atoms with Gasteiger partial charge in [-0.3, -0.25) is 9.59 Å². The maximum atomic E-state index is 12.3. The molecule has 1 unspecified atom stereocenters. The molecule has 2 aromatic rings. The van der Waals surface area contributed by atoms with Gasteiger partial charge in [0.1, 0.15) is 5.75 Å². The predicted molar refractivity (Wildman–Crippen MR) is 95.8 cm³/mol. The normalized spacial score (nSPS) is 11.0. The number of benzene rings is 2. The zero-order valence-electron chi connectivity index (χ0n) is 14.1. The number of aliphatic carboxylic acids is 1. The van der Waals surface area contributed by atoms with Crippen molar-refractivity contribution in [3.8, 4) is 17.6 Å². The molecule has 5 nitrogen and oxygen atoms in total. The summed E-state index contributed by atoms with van der Waals surface area (Å²) in [5, 5.41) is 11.8. The van der Waals surface area contributed by atoms with Crippen LogP contribution in [0.15, 0.2) is 48.5 Å². The minimum Gasteiger partial charge on any atom is -0.497 e. The first kappa shape index (κ1) is 18.1. The molecule has 0 fully saturated rings. The van der Waals surface area contributed by atoms with E-state index in [1.54, 1.807) is 62.6 Å². The quantitative estimate of drug-likeness (QED) is 0.791. The standard InChI is InChI=1S/C20H19NO4/c1-3-5-15(13-19(22)23)14-8-10-17(11-9-14)21-20(24)16-6-4-7-18(12-16)25-2/h4,6-12,15H,13H2,1-2H3,(H,21,24)(H,22,23). The molecule has 0 heterocycles. The van der Waals surface area contributed by atoms with Crippen molar-refractivity contribution in [2.24, 2.45) is 0 Å². The molecule has 2 aromatic carbocycles. The SMILES string of the molecule is CC#CC(CC(=O)O)c1ccc(NC(=O)c2cccc(OC)c2)cc1. The number of nitrogens with one attached hydrogen (secondary N) is 1. The van der Waals surface area contributed by atoms with Gasteiger partial charge in [-0.15, -0.1) is 5.92 Å². The van der Waals surface area contributed by atoms with Crippen LogP contribution >= 0.6 is 0 Å². The van der Waals surface area contributed by atoms with E-state index in [-0.39, 0.29) is 18.2 Å². The Morgan fingerprint density at radius 1 is 1.20 bits per heavy atom. The Bertz CT molecular complexity index is 816. The smallest absolute Gasteiger partial charge is 0.304 e. The zero-order chi connectivity index (χ0) is 18.2. The molecule has 0 spiro atoms. The van der Waals surface area contributed by atoms with Crippen molar-refractivity contribution >= 4 is 17.6 Å². The fourth-order valence-electron chi connectivity index (χ4n) is 2.37. The number of hydrogen-bond donors (Lipinski definition) is 2. The average molecular weight is 337 g/mol. The van der Waals surface area contributed by atoms with E-state index < -0.39 is 5.97 Å². The van der Waals surface area contributed by atoms with Crippen LogP contribution in [0.5, 0.6) is 5.75 Å². The van der Waals surface area contributed by atoms with Crippen LogP contribution in [-0.4, -0.2) is 24.1 Å². The van der Waals surface area contributed by atoms with Gasteiger partial charge in [0.15, 0.2) is 0 Å². The minimum atomic E-state index is -0.900. The molecule has 0 aromatic heterocycles. The molecule has 2 N–H and O–H groups in total. The van der Waals surface area contributed by atoms with Crippen molar-refractivity contribution in [2.75, 3.05) is 12.4 Å². The van der Waals surface area contributed by atoms with E-state index in [9.17, 15) is 9.59 Å². The summed E-state index contributed by atoms with van der Waals surface area (Å²) in [4.78, 5) is 23.2. The van der Waals surface area contributed by atoms with Crippen LogP contribution < -0.4 is 10.1 Å². The van der Waals surface area contributed by atoms with E-state index in [2.05, 4.69) is 17.2 Å². The minimum absolute atomic E-state index is 0.0592. The third-order valence-electron chi connectivity index (χ3n) is 3.60. The van der Waals surface area contributed by atoms with E-state index in [4.69, 9.17) is 9.84 Å². The maximum absolute atomic E-state index is 12.3. The number of rotatable bonds is 6. The molecule has 0 saturated carbocycles. The summed E-state index contributed by atoms with van der Waals surface area (Å²) >= 11 is 0. The molecular weight excluding hydrogens is 318 g/mol. The molecule has 5 heteroatoms. The number of carboxylic acids is 1. The summed E-state index contributed by atoms with van der Waals surface area (Å²) in [6.07, 6.45) is -0.0592. The topological polar surface area (TPSA) is 75.6 Å². The molecule has 1 atom stereocenters. The van der Waals surface area contributed by atoms with Gasteiger partial charge in [-0.1, -0.05) is 24.1 Å². The number of methoxy groups -OCH3 is 1. The van der Waals surface area contributed by atoms with E-state index >= 15 is 0 Å². The van der Waals surface area contributed by atoms with Crippen molar-refractivity contribution in [1.29, 1.82) is 0 Å². The summed E-state index contributed by atoms with van der Waals surface area (Å²) in [6.45, 7) is 1.68. The molecule has 0 aliphatic rings. The van der Waals surface area contributed by atoms with Crippen molar-refractivity contribution in [1.82, 2.24) is 0 Å². The van der Waals surface area contributed by atoms with Crippen LogP contribution in [0.2, 0.25) is 0 Å². The fraction of sp³-hybridized carbons (Fsp3) is 0.200. The van der Waals surface area contributed by atoms with Crippen LogP contribution in [0.1, 0.15) is 35.2 Å². The van der Waals surface area contributed by atoms with E-state index in [0.717, 1.165) is 5.56 Å². The van der Waals surface area contributed by atoms with Crippen LogP contribution in [0.4, 0.5) is 5.69 Å². The maximum Gasteiger partial charge on any atom is 0.304 e. The summed E-state index contributed by atoms with van der Waals surface area (Å²) in [5.74, 6) is 4.74. The lowest BCUT2D eigenvalue weighted by Gasteiger charge is -2.11. The molecule has 0 aliphatic heterocycles. The average Bonchev–Trinajstić information content (AvgIpc) is 2.61. The lowest BCUT2D eigenvalue weighted by Crippen LogP contribution is -2.12. The highest BCUT2D eigenvalue weighted by Crippen LogP contribution is 2.22. The molecule has 0 saturated heterocycles. The number of carbonyl (C=O) groups excluding carboxylic acids is 1. The van der Waals surface area contributed by atoms with Gasteiger partial charge < -0.3 is 15.2 Å². The summed E-state index contributed by atoms with van der Waals surface area (Å²) in [7, 11) is 1.54. The van der Waals surface area contributed by atoms with Gasteiger partial charge in [0.25, 0.3) is 5.91 Å². The van der Waals surface area contributed by atoms with E-state index in [1.807, 2.05) is 0 Å². The van der Waals surface area contributed by atoms with Gasteiger partial charge in [-0.2, -0.15) is 0 Å². The van der Waals surface area contributed by atoms with Crippen LogP contribution in [-0.2, 0) is 4.79 Å². The van der Waals surface area contributed by atoms with Gasteiger partial charge in [0.05, 0.1) is 19.4 Å². The van der Waals surface area contributed by atoms with E-state index in [1.165, 1.54) is 0 Å². The van der Waals surface area contributed by atoms with Crippen LogP contribution in [0, 0.1) is 11.8 Å². The highest BCUT2D eigenvalue weighted by atomic mass is 16.5. The van der Waals surface area contributed by atoms with Gasteiger partial charge in [-0.25, -0.2) is 0 Å². The number of ether oxygens (including phenoxy) is 1. The van der Waals surface area contributed by atoms with E-state index in [0.29, 0.717) is 17.0 Å². The van der Waals surface area contributed by atoms with Crippen molar-refractivity contribution < 1.29 is 19.4 Å². The number of anilines is 1. The lowest BCUT2D eigenvalue weighted by atomic mass is 9.96. The third kappa shape index (κ3) is 5.11. The molecule has 25 heavy (non-hydrogen) atoms. The molecule has 128 valence electrons. The monoisotopic (exact) mass is 337 g/mol. The number of amides is 1. The van der Waals surface area contributed by atoms with Gasteiger partial charge >= 0.3 is 5.97 Å². The molecule has 2 rings (SSSR count). The van der Waals surface area contributed by atoms with Crippen molar-refractivity contribution in [3.63, 3.8) is 0 Å². The Labute approximate surface area is 146 Å². The summed E-state index contributed by atoms with van der Waals surface area (Å²) in [5.41, 5.74) is 1.91. The Morgan fingerprint density at radius 2 is 1.92 bits per heavy atom. The van der Waals surface area contributed by atoms with Gasteiger partial charge in [0, 0.05) is 11.3 Å². The Kier molecular flexibility index (Phi) is 6.19. The zero-order valence-corrected chi connectivity index (χ0v) is 14.1. The van der Waals surface area contributed by atoms with Crippen molar-refractivity contribution in [2.45, 2.75) is 19.3 Å². The van der Waals surface area contributed by atoms with Crippen molar-refractivity contribution in [3.05, 3.63) is 59.7 Å². The first-order valence-electron chi connectivity index (χ1n) is 7.73. The first-order valence-corrected chi connectivity index (χ1v) is 7.73. The number of carbonyl (C=O) groups is 2. The number of carboxylic acid groups (broad SMARTS) is 1. The second kappa shape index (κ2) is 8.55. The summed E-state index contributed by atoms with van der Waals surface area (Å²) < 4.78 is 5.11. The largest absolute Gasteiger partial charge is 0.497 e. The second-order valence-corrected chi connectivity index (χ2v) is 5.35. The highest BCUT2D eigenvalue weighted by molar-refractivity contribution is 6.04. The lowest BCUT2D eigenvalue weighted by molar-refractivity contribution is -0.137. The Morgan fingerprint density at radius 3 is 2.52 bits per heavy atom. The fourth-order valence-corrected chi connectivity index (χ4v) is 2.37. The Balaban J connectivity index is 2.12. The number of hydrogen-bond acceptors (Lipinski definition) is 3. The molecule has 0 radical (unpaired) electrons. The molecular formula is C20H19NO4. The summed E-state index contributed by atoms with van der Waals surface area (Å²) in [6, 6.07) is 13.9. The van der Waals surface area contributed by atoms with Gasteiger partial charge in [-0.05, 0) is 42.8 Å².